The molecule has 2 aliphatic rings. The second-order valence-electron chi connectivity index (χ2n) is 9.24. The first kappa shape index (κ1) is 22.5. The van der Waals surface area contributed by atoms with Crippen LogP contribution in [0.15, 0.2) is 48.7 Å². The van der Waals surface area contributed by atoms with Gasteiger partial charge < -0.3 is 10.0 Å². The van der Waals surface area contributed by atoms with Crippen molar-refractivity contribution in [2.24, 2.45) is 0 Å². The molecule has 0 saturated carbocycles. The largest absolute Gasteiger partial charge is 0.392 e. The Morgan fingerprint density at radius 3 is 2.48 bits per heavy atom. The SMILES string of the molecule is CC(O)CN1C[C@H](Cc2ccc(Cl)cc2)N(C2CCN(c3ccccn3)CC2)C[C@@H]1C. The van der Waals surface area contributed by atoms with Crippen LogP contribution in [0.4, 0.5) is 5.82 Å². The van der Waals surface area contributed by atoms with E-state index in [-0.39, 0.29) is 6.10 Å². The topological polar surface area (TPSA) is 42.8 Å². The number of piperazine rings is 1. The Hall–Kier alpha value is -1.66. The van der Waals surface area contributed by atoms with Crippen molar-refractivity contribution in [3.8, 4) is 0 Å². The van der Waals surface area contributed by atoms with E-state index in [0.29, 0.717) is 18.1 Å². The number of β-amino-alcohol motifs (C(OH)–C–C–N with tert-alkyl or cyclic N) is 1. The lowest BCUT2D eigenvalue weighted by Crippen LogP contribution is -2.62. The number of nitrogens with zero attached hydrogens (tertiary/aromatic N) is 4. The highest BCUT2D eigenvalue weighted by molar-refractivity contribution is 6.30. The number of halogens is 1. The predicted octanol–water partition coefficient (Wildman–Crippen LogP) is 3.70. The van der Waals surface area contributed by atoms with Gasteiger partial charge in [0.15, 0.2) is 0 Å². The number of pyridine rings is 1. The lowest BCUT2D eigenvalue weighted by Gasteiger charge is -2.50. The van der Waals surface area contributed by atoms with Crippen LogP contribution in [0.5, 0.6) is 0 Å². The minimum atomic E-state index is -0.299. The van der Waals surface area contributed by atoms with Gasteiger partial charge in [0, 0.05) is 62.1 Å². The fraction of sp³-hybridized carbons (Fsp3) is 0.560. The molecule has 3 heterocycles. The van der Waals surface area contributed by atoms with Crippen LogP contribution in [-0.4, -0.2) is 76.8 Å². The Labute approximate surface area is 191 Å². The van der Waals surface area contributed by atoms with E-state index < -0.39 is 0 Å². The maximum Gasteiger partial charge on any atom is 0.128 e. The molecule has 4 rings (SSSR count). The molecule has 0 amide bonds. The van der Waals surface area contributed by atoms with Gasteiger partial charge in [-0.2, -0.15) is 0 Å². The molecule has 1 N–H and O–H groups in total. The highest BCUT2D eigenvalue weighted by atomic mass is 35.5. The summed E-state index contributed by atoms with van der Waals surface area (Å²) in [5.41, 5.74) is 1.33. The van der Waals surface area contributed by atoms with E-state index in [0.717, 1.165) is 62.8 Å². The molecular formula is C25H35ClN4O. The van der Waals surface area contributed by atoms with E-state index in [4.69, 9.17) is 11.6 Å². The van der Waals surface area contributed by atoms with Gasteiger partial charge in [-0.3, -0.25) is 9.80 Å². The number of aliphatic hydroxyl groups excluding tert-OH is 1. The number of hydrogen-bond acceptors (Lipinski definition) is 5. The molecule has 2 fully saturated rings. The van der Waals surface area contributed by atoms with E-state index in [9.17, 15) is 5.11 Å². The molecular weight excluding hydrogens is 408 g/mol. The third-order valence-electron chi connectivity index (χ3n) is 6.80. The first-order chi connectivity index (χ1) is 15.0. The Bertz CT molecular complexity index is 808. The maximum absolute atomic E-state index is 10.00. The van der Waals surface area contributed by atoms with Crippen LogP contribution in [0, 0.1) is 0 Å². The smallest absolute Gasteiger partial charge is 0.128 e. The van der Waals surface area contributed by atoms with Crippen LogP contribution < -0.4 is 4.90 Å². The average Bonchev–Trinajstić information content (AvgIpc) is 2.78. The number of aliphatic hydroxyl groups is 1. The number of anilines is 1. The zero-order valence-electron chi connectivity index (χ0n) is 18.7. The molecule has 0 radical (unpaired) electrons. The molecule has 2 saturated heterocycles. The molecule has 2 aromatic rings. The van der Waals surface area contributed by atoms with Gasteiger partial charge in [0.25, 0.3) is 0 Å². The van der Waals surface area contributed by atoms with Crippen LogP contribution >= 0.6 is 11.6 Å². The van der Waals surface area contributed by atoms with Crippen molar-refractivity contribution in [1.82, 2.24) is 14.8 Å². The molecule has 168 valence electrons. The Balaban J connectivity index is 1.46. The molecule has 2 aliphatic heterocycles. The fourth-order valence-corrected chi connectivity index (χ4v) is 5.33. The van der Waals surface area contributed by atoms with Gasteiger partial charge in [-0.05, 0) is 62.9 Å². The van der Waals surface area contributed by atoms with Gasteiger partial charge >= 0.3 is 0 Å². The summed E-state index contributed by atoms with van der Waals surface area (Å²) in [7, 11) is 0. The molecule has 1 aromatic carbocycles. The summed E-state index contributed by atoms with van der Waals surface area (Å²) in [6.07, 6.45) is 4.92. The van der Waals surface area contributed by atoms with Gasteiger partial charge in [0.1, 0.15) is 5.82 Å². The highest BCUT2D eigenvalue weighted by Crippen LogP contribution is 2.28. The van der Waals surface area contributed by atoms with E-state index in [1.165, 1.54) is 5.56 Å². The van der Waals surface area contributed by atoms with Crippen LogP contribution in [0.1, 0.15) is 32.3 Å². The summed E-state index contributed by atoms with van der Waals surface area (Å²) in [6.45, 7) is 9.09. The minimum absolute atomic E-state index is 0.299. The minimum Gasteiger partial charge on any atom is -0.392 e. The normalized spacial score (nSPS) is 25.0. The van der Waals surface area contributed by atoms with E-state index in [1.807, 2.05) is 31.3 Å². The summed E-state index contributed by atoms with van der Waals surface area (Å²) in [6, 6.07) is 15.9. The van der Waals surface area contributed by atoms with Crippen LogP contribution in [-0.2, 0) is 6.42 Å². The van der Waals surface area contributed by atoms with Gasteiger partial charge in [0.2, 0.25) is 0 Å². The average molecular weight is 443 g/mol. The Kier molecular flexibility index (Phi) is 7.49. The molecule has 31 heavy (non-hydrogen) atoms. The zero-order chi connectivity index (χ0) is 21.8. The quantitative estimate of drug-likeness (QED) is 0.738. The number of benzene rings is 1. The van der Waals surface area contributed by atoms with Crippen molar-refractivity contribution < 1.29 is 5.11 Å². The molecule has 3 atom stereocenters. The molecule has 6 heteroatoms. The summed E-state index contributed by atoms with van der Waals surface area (Å²) in [4.78, 5) is 12.2. The number of aromatic nitrogens is 1. The standard InChI is InChI=1S/C25H35ClN4O/c1-19-16-30(23-10-13-28(14-11-23)25-5-3-4-12-27-25)24(18-29(19)17-20(2)31)15-21-6-8-22(26)9-7-21/h3-9,12,19-20,23-24,31H,10-11,13-18H2,1-2H3/t19-,20?,24-/m0/s1. The van der Waals surface area contributed by atoms with Gasteiger partial charge in [-0.15, -0.1) is 0 Å². The number of rotatable bonds is 6. The van der Waals surface area contributed by atoms with Crippen molar-refractivity contribution in [3.63, 3.8) is 0 Å². The lowest BCUT2D eigenvalue weighted by molar-refractivity contribution is -0.0150. The summed E-state index contributed by atoms with van der Waals surface area (Å²) >= 11 is 6.11. The molecule has 1 unspecified atom stereocenters. The first-order valence-corrected chi connectivity index (χ1v) is 12.0. The summed E-state index contributed by atoms with van der Waals surface area (Å²) < 4.78 is 0. The highest BCUT2D eigenvalue weighted by Gasteiger charge is 2.37. The van der Waals surface area contributed by atoms with E-state index in [1.54, 1.807) is 0 Å². The van der Waals surface area contributed by atoms with E-state index >= 15 is 0 Å². The van der Waals surface area contributed by atoms with Gasteiger partial charge in [-0.25, -0.2) is 4.98 Å². The fourth-order valence-electron chi connectivity index (χ4n) is 5.21. The van der Waals surface area contributed by atoms with Crippen molar-refractivity contribution in [2.45, 2.75) is 57.3 Å². The van der Waals surface area contributed by atoms with E-state index in [2.05, 4.69) is 50.9 Å². The van der Waals surface area contributed by atoms with Crippen LogP contribution in [0.2, 0.25) is 5.02 Å². The maximum atomic E-state index is 10.00. The number of piperidine rings is 1. The predicted molar refractivity (Wildman–Crippen MR) is 128 cm³/mol. The lowest BCUT2D eigenvalue weighted by atomic mass is 9.94. The van der Waals surface area contributed by atoms with Crippen molar-refractivity contribution in [1.29, 1.82) is 0 Å². The molecule has 0 spiro atoms. The monoisotopic (exact) mass is 442 g/mol. The summed E-state index contributed by atoms with van der Waals surface area (Å²) in [5, 5.41) is 10.8. The second kappa shape index (κ2) is 10.3. The van der Waals surface area contributed by atoms with Gasteiger partial charge in [0.05, 0.1) is 6.10 Å². The van der Waals surface area contributed by atoms with Crippen LogP contribution in [0.25, 0.3) is 0 Å². The molecule has 1 aromatic heterocycles. The summed E-state index contributed by atoms with van der Waals surface area (Å²) in [5.74, 6) is 1.09. The van der Waals surface area contributed by atoms with Crippen molar-refractivity contribution in [2.75, 3.05) is 37.6 Å². The third kappa shape index (κ3) is 5.78. The van der Waals surface area contributed by atoms with Crippen molar-refractivity contribution >= 4 is 17.4 Å². The number of hydrogen-bond donors (Lipinski definition) is 1. The Morgan fingerprint density at radius 1 is 1.10 bits per heavy atom. The first-order valence-electron chi connectivity index (χ1n) is 11.6. The van der Waals surface area contributed by atoms with Crippen LogP contribution in [0.3, 0.4) is 0 Å². The zero-order valence-corrected chi connectivity index (χ0v) is 19.5. The Morgan fingerprint density at radius 2 is 1.84 bits per heavy atom. The molecule has 0 bridgehead atoms. The molecule has 0 aliphatic carbocycles. The third-order valence-corrected chi connectivity index (χ3v) is 7.05. The van der Waals surface area contributed by atoms with Crippen molar-refractivity contribution in [3.05, 3.63) is 59.2 Å². The second-order valence-corrected chi connectivity index (χ2v) is 9.68. The molecule has 5 nitrogen and oxygen atoms in total. The van der Waals surface area contributed by atoms with Gasteiger partial charge in [-0.1, -0.05) is 29.8 Å².